The Balaban J connectivity index is 1.26. The normalized spacial score (nSPS) is 16.4. The van der Waals surface area contributed by atoms with Crippen LogP contribution in [0.2, 0.25) is 0 Å². The molecule has 2 aromatic heterocycles. The second-order valence-electron chi connectivity index (χ2n) is 10.6. The van der Waals surface area contributed by atoms with Crippen molar-refractivity contribution in [1.82, 2.24) is 14.7 Å². The first-order valence-electron chi connectivity index (χ1n) is 14.0. The van der Waals surface area contributed by atoms with Crippen molar-refractivity contribution >= 4 is 49.7 Å². The van der Waals surface area contributed by atoms with Crippen LogP contribution < -0.4 is 19.7 Å². The number of sulfonamides is 1. The lowest BCUT2D eigenvalue weighted by atomic mass is 9.96. The summed E-state index contributed by atoms with van der Waals surface area (Å²) in [5.41, 5.74) is -0.458. The van der Waals surface area contributed by atoms with E-state index in [1.807, 2.05) is 21.8 Å². The lowest BCUT2D eigenvalue weighted by Crippen LogP contribution is -2.38. The van der Waals surface area contributed by atoms with Crippen LogP contribution in [0.1, 0.15) is 29.6 Å². The van der Waals surface area contributed by atoms with Crippen molar-refractivity contribution in [2.45, 2.75) is 29.8 Å². The summed E-state index contributed by atoms with van der Waals surface area (Å²) in [6, 6.07) is 13.4. The molecule has 0 aliphatic carbocycles. The maximum absolute atomic E-state index is 15.0. The molecule has 4 aromatic rings. The SMILES string of the molecule is O=C(NS(=O)(=O)c1ccc(NCC2(F)CCOCC2)c([N+](=O)[O-])c1)c1ccccc1N1CCCOc2nc3[nH]ccc3cc21. The molecule has 44 heavy (non-hydrogen) atoms. The van der Waals surface area contributed by atoms with Crippen LogP contribution >= 0.6 is 0 Å². The molecular weight excluding hydrogens is 595 g/mol. The molecule has 0 bridgehead atoms. The molecule has 0 spiro atoms. The number of alkyl halides is 1. The molecule has 3 N–H and O–H groups in total. The number of para-hydroxylation sites is 1. The van der Waals surface area contributed by atoms with E-state index in [4.69, 9.17) is 9.47 Å². The molecule has 2 aromatic carbocycles. The number of nitrogens with zero attached hydrogens (tertiary/aromatic N) is 3. The largest absolute Gasteiger partial charge is 0.476 e. The predicted molar refractivity (Wildman–Crippen MR) is 160 cm³/mol. The Hall–Kier alpha value is -4.76. The van der Waals surface area contributed by atoms with E-state index in [1.165, 1.54) is 12.1 Å². The Morgan fingerprint density at radius 2 is 1.91 bits per heavy atom. The van der Waals surface area contributed by atoms with Gasteiger partial charge in [0, 0.05) is 56.8 Å². The number of rotatable bonds is 8. The van der Waals surface area contributed by atoms with Gasteiger partial charge in [0.25, 0.3) is 21.6 Å². The molecule has 0 radical (unpaired) electrons. The molecule has 13 nitrogen and oxygen atoms in total. The second kappa shape index (κ2) is 11.7. The average Bonchev–Trinajstić information content (AvgIpc) is 3.37. The van der Waals surface area contributed by atoms with Crippen molar-refractivity contribution in [2.75, 3.05) is 43.1 Å². The van der Waals surface area contributed by atoms with Gasteiger partial charge in [-0.25, -0.2) is 17.5 Å². The standard InChI is InChI=1S/C29H29FN6O7S/c30-29(9-14-42-15-10-29)18-32-22-7-6-20(17-24(22)36(38)39)44(40,41)34-27(37)21-4-1-2-5-23(21)35-12-3-13-43-28-25(35)16-19-8-11-31-26(19)33-28/h1-2,4-8,11,16-17,32H,3,9-10,12-15,18H2,(H,31,33)(H,34,37). The van der Waals surface area contributed by atoms with Crippen molar-refractivity contribution < 1.29 is 32.0 Å². The highest BCUT2D eigenvalue weighted by atomic mass is 32.2. The summed E-state index contributed by atoms with van der Waals surface area (Å²) in [5.74, 6) is -0.552. The summed E-state index contributed by atoms with van der Waals surface area (Å²) in [7, 11) is -4.55. The number of fused-ring (bicyclic) bond motifs is 2. The number of halogens is 1. The van der Waals surface area contributed by atoms with E-state index in [9.17, 15) is 23.3 Å². The monoisotopic (exact) mass is 624 g/mol. The zero-order valence-electron chi connectivity index (χ0n) is 23.4. The minimum atomic E-state index is -4.55. The van der Waals surface area contributed by atoms with Crippen molar-refractivity contribution in [1.29, 1.82) is 0 Å². The summed E-state index contributed by atoms with van der Waals surface area (Å²) in [6.07, 6.45) is 2.64. The van der Waals surface area contributed by atoms with Gasteiger partial charge in [-0.1, -0.05) is 12.1 Å². The molecule has 1 fully saturated rings. The minimum absolute atomic E-state index is 0.0404. The van der Waals surface area contributed by atoms with Crippen molar-refractivity contribution in [3.8, 4) is 5.88 Å². The van der Waals surface area contributed by atoms with Gasteiger partial charge < -0.3 is 24.7 Å². The Morgan fingerprint density at radius 1 is 1.11 bits per heavy atom. The number of carbonyl (C=O) groups is 1. The van der Waals surface area contributed by atoms with Gasteiger partial charge in [0.1, 0.15) is 22.7 Å². The maximum atomic E-state index is 15.0. The van der Waals surface area contributed by atoms with Gasteiger partial charge in [0.15, 0.2) is 0 Å². The molecule has 1 amide bonds. The van der Waals surface area contributed by atoms with Crippen LogP contribution in [0.5, 0.6) is 5.88 Å². The number of nitro benzene ring substituents is 1. The predicted octanol–water partition coefficient (Wildman–Crippen LogP) is 4.44. The number of anilines is 3. The third-order valence-electron chi connectivity index (χ3n) is 7.66. The topological polar surface area (TPSA) is 169 Å². The molecule has 1 saturated heterocycles. The zero-order chi connectivity index (χ0) is 30.9. The second-order valence-corrected chi connectivity index (χ2v) is 12.3. The van der Waals surface area contributed by atoms with Crippen LogP contribution in [-0.4, -0.2) is 67.8 Å². The summed E-state index contributed by atoms with van der Waals surface area (Å²) < 4.78 is 54.7. The Bertz CT molecular complexity index is 1840. The number of benzene rings is 2. The number of amides is 1. The van der Waals surface area contributed by atoms with Crippen LogP contribution in [0.15, 0.2) is 65.7 Å². The molecule has 2 aliphatic rings. The fourth-order valence-electron chi connectivity index (χ4n) is 5.30. The van der Waals surface area contributed by atoms with E-state index < -0.39 is 37.1 Å². The Morgan fingerprint density at radius 3 is 2.70 bits per heavy atom. The molecular formula is C29H29FN6O7S. The van der Waals surface area contributed by atoms with Gasteiger partial charge in [-0.2, -0.15) is 4.98 Å². The highest BCUT2D eigenvalue weighted by molar-refractivity contribution is 7.90. The molecule has 0 saturated carbocycles. The molecule has 6 rings (SSSR count). The van der Waals surface area contributed by atoms with Crippen molar-refractivity contribution in [3.05, 3.63) is 76.5 Å². The van der Waals surface area contributed by atoms with Crippen LogP contribution in [0.4, 0.5) is 27.1 Å². The fraction of sp³-hybridized carbons (Fsp3) is 0.310. The minimum Gasteiger partial charge on any atom is -0.476 e. The third-order valence-corrected chi connectivity index (χ3v) is 8.99. The zero-order valence-corrected chi connectivity index (χ0v) is 24.2. The van der Waals surface area contributed by atoms with Crippen molar-refractivity contribution in [3.63, 3.8) is 0 Å². The maximum Gasteiger partial charge on any atom is 0.293 e. The first-order valence-corrected chi connectivity index (χ1v) is 15.5. The highest BCUT2D eigenvalue weighted by Gasteiger charge is 2.33. The smallest absolute Gasteiger partial charge is 0.293 e. The van der Waals surface area contributed by atoms with Crippen molar-refractivity contribution in [2.24, 2.45) is 0 Å². The van der Waals surface area contributed by atoms with E-state index in [-0.39, 0.29) is 43.9 Å². The van der Waals surface area contributed by atoms with E-state index >= 15 is 4.39 Å². The lowest BCUT2D eigenvalue weighted by molar-refractivity contribution is -0.384. The van der Waals surface area contributed by atoms with E-state index in [0.717, 1.165) is 17.5 Å². The molecule has 0 unspecified atom stereocenters. The van der Waals surface area contributed by atoms with Crippen LogP contribution in [0, 0.1) is 10.1 Å². The van der Waals surface area contributed by atoms with E-state index in [2.05, 4.69) is 15.3 Å². The number of carbonyl (C=O) groups excluding carboxylic acids is 1. The number of nitrogens with one attached hydrogen (secondary N) is 3. The number of H-pyrrole nitrogens is 1. The summed E-state index contributed by atoms with van der Waals surface area (Å²) in [6.45, 7) is 1.15. The van der Waals surface area contributed by atoms with E-state index in [1.54, 1.807) is 24.4 Å². The van der Waals surface area contributed by atoms with Gasteiger partial charge in [0.05, 0.1) is 27.7 Å². The number of ether oxygens (including phenoxy) is 2. The molecule has 0 atom stereocenters. The third kappa shape index (κ3) is 5.88. The van der Waals surface area contributed by atoms with E-state index in [0.29, 0.717) is 42.5 Å². The molecule has 230 valence electrons. The van der Waals surface area contributed by atoms with Crippen LogP contribution in [-0.2, 0) is 14.8 Å². The lowest BCUT2D eigenvalue weighted by Gasteiger charge is -2.29. The van der Waals surface area contributed by atoms with Gasteiger partial charge in [-0.05, 0) is 42.8 Å². The number of aromatic nitrogens is 2. The van der Waals surface area contributed by atoms with Gasteiger partial charge in [0.2, 0.25) is 5.88 Å². The summed E-state index contributed by atoms with van der Waals surface area (Å²) in [5, 5.41) is 15.4. The number of aromatic amines is 1. The fourth-order valence-corrected chi connectivity index (χ4v) is 6.29. The number of nitro groups is 1. The Kier molecular flexibility index (Phi) is 7.82. The molecule has 15 heteroatoms. The highest BCUT2D eigenvalue weighted by Crippen LogP contribution is 2.38. The van der Waals surface area contributed by atoms with Gasteiger partial charge >= 0.3 is 0 Å². The molecule has 2 aliphatic heterocycles. The Labute approximate surface area is 251 Å². The number of pyridine rings is 1. The van der Waals surface area contributed by atoms with Crippen LogP contribution in [0.25, 0.3) is 11.0 Å². The van der Waals surface area contributed by atoms with Gasteiger partial charge in [-0.3, -0.25) is 14.9 Å². The number of hydrogen-bond acceptors (Lipinski definition) is 10. The molecule has 4 heterocycles. The van der Waals surface area contributed by atoms with Gasteiger partial charge in [-0.15, -0.1) is 0 Å². The first-order chi connectivity index (χ1) is 21.1. The first kappa shape index (κ1) is 29.3. The number of hydrogen-bond donors (Lipinski definition) is 3. The average molecular weight is 625 g/mol. The summed E-state index contributed by atoms with van der Waals surface area (Å²) >= 11 is 0. The van der Waals surface area contributed by atoms with Crippen LogP contribution in [0.3, 0.4) is 0 Å². The quantitative estimate of drug-likeness (QED) is 0.188. The summed E-state index contributed by atoms with van der Waals surface area (Å²) in [4.78, 5) is 33.5.